The molecule has 1 atom stereocenters. The summed E-state index contributed by atoms with van der Waals surface area (Å²) in [5.41, 5.74) is 4.38. The first kappa shape index (κ1) is 14.9. The standard InChI is InChI=1S/C21H20N2O/c24-20(14-17-9-3-7-15-6-1-2-11-18(15)17)23-19-12-4-8-16-10-5-13-22-21(16)19/h1-2,4-6,8,10-13,17H,3,7,9,14H2,(H,23,24). The molecule has 0 saturated heterocycles. The second kappa shape index (κ2) is 6.44. The minimum absolute atomic E-state index is 0.0647. The van der Waals surface area contributed by atoms with Crippen LogP contribution in [0, 0.1) is 0 Å². The van der Waals surface area contributed by atoms with Gasteiger partial charge in [0.05, 0.1) is 11.2 Å². The quantitative estimate of drug-likeness (QED) is 0.762. The molecular weight excluding hydrogens is 296 g/mol. The molecule has 0 bridgehead atoms. The number of anilines is 1. The van der Waals surface area contributed by atoms with Crippen LogP contribution in [0.4, 0.5) is 5.69 Å². The highest BCUT2D eigenvalue weighted by Gasteiger charge is 2.22. The van der Waals surface area contributed by atoms with Crippen molar-refractivity contribution in [3.63, 3.8) is 0 Å². The third-order valence-corrected chi connectivity index (χ3v) is 4.83. The lowest BCUT2D eigenvalue weighted by atomic mass is 9.81. The van der Waals surface area contributed by atoms with Crippen molar-refractivity contribution in [2.45, 2.75) is 31.6 Å². The van der Waals surface area contributed by atoms with Gasteiger partial charge < -0.3 is 5.32 Å². The lowest BCUT2D eigenvalue weighted by Crippen LogP contribution is -2.19. The summed E-state index contributed by atoms with van der Waals surface area (Å²) in [6.45, 7) is 0. The number of fused-ring (bicyclic) bond motifs is 2. The van der Waals surface area contributed by atoms with Gasteiger partial charge in [-0.05, 0) is 48.4 Å². The molecule has 1 aliphatic carbocycles. The third kappa shape index (κ3) is 2.90. The summed E-state index contributed by atoms with van der Waals surface area (Å²) in [4.78, 5) is 17.0. The van der Waals surface area contributed by atoms with Crippen molar-refractivity contribution in [3.05, 3.63) is 71.9 Å². The number of benzene rings is 2. The highest BCUT2D eigenvalue weighted by atomic mass is 16.1. The van der Waals surface area contributed by atoms with E-state index in [1.807, 2.05) is 30.3 Å². The van der Waals surface area contributed by atoms with Crippen molar-refractivity contribution in [2.75, 3.05) is 5.32 Å². The van der Waals surface area contributed by atoms with E-state index in [1.54, 1.807) is 6.20 Å². The van der Waals surface area contributed by atoms with Crippen molar-refractivity contribution in [1.29, 1.82) is 0 Å². The summed E-state index contributed by atoms with van der Waals surface area (Å²) in [6, 6.07) is 18.3. The number of amides is 1. The van der Waals surface area contributed by atoms with Crippen LogP contribution in [0.15, 0.2) is 60.8 Å². The van der Waals surface area contributed by atoms with Crippen LogP contribution >= 0.6 is 0 Å². The number of pyridine rings is 1. The Balaban J connectivity index is 1.53. The number of aryl methyl sites for hydroxylation is 1. The van der Waals surface area contributed by atoms with Gasteiger partial charge in [-0.2, -0.15) is 0 Å². The number of aromatic nitrogens is 1. The lowest BCUT2D eigenvalue weighted by Gasteiger charge is -2.25. The van der Waals surface area contributed by atoms with E-state index >= 15 is 0 Å². The van der Waals surface area contributed by atoms with Crippen LogP contribution in [-0.2, 0) is 11.2 Å². The van der Waals surface area contributed by atoms with E-state index in [2.05, 4.69) is 34.6 Å². The van der Waals surface area contributed by atoms with E-state index in [9.17, 15) is 4.79 Å². The zero-order valence-corrected chi connectivity index (χ0v) is 13.5. The van der Waals surface area contributed by atoms with Crippen LogP contribution in [0.3, 0.4) is 0 Å². The van der Waals surface area contributed by atoms with Gasteiger partial charge in [-0.15, -0.1) is 0 Å². The molecule has 1 aromatic heterocycles. The largest absolute Gasteiger partial charge is 0.324 e. The number of rotatable bonds is 3. The predicted molar refractivity (Wildman–Crippen MR) is 97.1 cm³/mol. The molecule has 24 heavy (non-hydrogen) atoms. The summed E-state index contributed by atoms with van der Waals surface area (Å²) in [7, 11) is 0. The molecule has 3 aromatic rings. The summed E-state index contributed by atoms with van der Waals surface area (Å²) in [6.07, 6.45) is 5.65. The first-order valence-corrected chi connectivity index (χ1v) is 8.52. The van der Waals surface area contributed by atoms with Crippen molar-refractivity contribution >= 4 is 22.5 Å². The van der Waals surface area contributed by atoms with E-state index in [4.69, 9.17) is 0 Å². The van der Waals surface area contributed by atoms with Crippen molar-refractivity contribution in [3.8, 4) is 0 Å². The van der Waals surface area contributed by atoms with Gasteiger partial charge in [-0.3, -0.25) is 9.78 Å². The Morgan fingerprint density at radius 3 is 2.92 bits per heavy atom. The first-order chi connectivity index (χ1) is 11.8. The van der Waals surface area contributed by atoms with Crippen LogP contribution in [0.2, 0.25) is 0 Å². The minimum atomic E-state index is 0.0647. The van der Waals surface area contributed by atoms with Crippen molar-refractivity contribution in [2.24, 2.45) is 0 Å². The highest BCUT2D eigenvalue weighted by Crippen LogP contribution is 2.34. The Morgan fingerprint density at radius 2 is 1.96 bits per heavy atom. The van der Waals surface area contributed by atoms with Crippen LogP contribution in [-0.4, -0.2) is 10.9 Å². The van der Waals surface area contributed by atoms with Gasteiger partial charge in [0.2, 0.25) is 5.91 Å². The second-order valence-corrected chi connectivity index (χ2v) is 6.42. The maximum Gasteiger partial charge on any atom is 0.225 e. The van der Waals surface area contributed by atoms with Gasteiger partial charge in [-0.1, -0.05) is 42.5 Å². The normalized spacial score (nSPS) is 16.6. The molecule has 0 aliphatic heterocycles. The molecule has 0 radical (unpaired) electrons. The molecule has 3 nitrogen and oxygen atoms in total. The van der Waals surface area contributed by atoms with Gasteiger partial charge in [0.1, 0.15) is 0 Å². The molecule has 3 heteroatoms. The molecule has 120 valence electrons. The summed E-state index contributed by atoms with van der Waals surface area (Å²) >= 11 is 0. The Morgan fingerprint density at radius 1 is 1.08 bits per heavy atom. The molecule has 0 saturated carbocycles. The van der Waals surface area contributed by atoms with Crippen LogP contribution in [0.5, 0.6) is 0 Å². The van der Waals surface area contributed by atoms with Gasteiger partial charge in [0, 0.05) is 18.0 Å². The topological polar surface area (TPSA) is 42.0 Å². The number of para-hydroxylation sites is 1. The molecule has 2 aromatic carbocycles. The molecule has 1 amide bonds. The fourth-order valence-electron chi connectivity index (χ4n) is 3.70. The van der Waals surface area contributed by atoms with E-state index in [1.165, 1.54) is 11.1 Å². The third-order valence-electron chi connectivity index (χ3n) is 4.83. The molecule has 4 rings (SSSR count). The molecular formula is C21H20N2O. The van der Waals surface area contributed by atoms with Gasteiger partial charge in [0.25, 0.3) is 0 Å². The van der Waals surface area contributed by atoms with E-state index < -0.39 is 0 Å². The number of carbonyl (C=O) groups excluding carboxylic acids is 1. The lowest BCUT2D eigenvalue weighted by molar-refractivity contribution is -0.116. The SMILES string of the molecule is O=C(CC1CCCc2ccccc21)Nc1cccc2cccnc12. The Bertz CT molecular complexity index is 882. The maximum atomic E-state index is 12.6. The summed E-state index contributed by atoms with van der Waals surface area (Å²) in [5.74, 6) is 0.382. The van der Waals surface area contributed by atoms with Gasteiger partial charge >= 0.3 is 0 Å². The van der Waals surface area contributed by atoms with Gasteiger partial charge in [0.15, 0.2) is 0 Å². The smallest absolute Gasteiger partial charge is 0.225 e. The van der Waals surface area contributed by atoms with E-state index in [-0.39, 0.29) is 5.91 Å². The molecule has 1 aliphatic rings. The molecule has 0 spiro atoms. The Kier molecular flexibility index (Phi) is 3.99. The van der Waals surface area contributed by atoms with Crippen LogP contribution in [0.1, 0.15) is 36.3 Å². The maximum absolute atomic E-state index is 12.6. The Hall–Kier alpha value is -2.68. The first-order valence-electron chi connectivity index (χ1n) is 8.52. The van der Waals surface area contributed by atoms with E-state index in [0.717, 1.165) is 35.9 Å². The number of nitrogens with zero attached hydrogens (tertiary/aromatic N) is 1. The highest BCUT2D eigenvalue weighted by molar-refractivity contribution is 6.00. The molecule has 1 unspecified atom stereocenters. The number of hydrogen-bond acceptors (Lipinski definition) is 2. The zero-order valence-electron chi connectivity index (χ0n) is 13.5. The second-order valence-electron chi connectivity index (χ2n) is 6.42. The summed E-state index contributed by atoms with van der Waals surface area (Å²) in [5, 5.41) is 4.10. The average molecular weight is 316 g/mol. The predicted octanol–water partition coefficient (Wildman–Crippen LogP) is 4.68. The monoisotopic (exact) mass is 316 g/mol. The van der Waals surface area contributed by atoms with Crippen molar-refractivity contribution in [1.82, 2.24) is 4.98 Å². The summed E-state index contributed by atoms with van der Waals surface area (Å²) < 4.78 is 0. The zero-order chi connectivity index (χ0) is 16.4. The molecule has 0 fully saturated rings. The van der Waals surface area contributed by atoms with Crippen LogP contribution < -0.4 is 5.32 Å². The van der Waals surface area contributed by atoms with Crippen molar-refractivity contribution < 1.29 is 4.79 Å². The van der Waals surface area contributed by atoms with Crippen LogP contribution in [0.25, 0.3) is 10.9 Å². The Labute approximate surface area is 141 Å². The fraction of sp³-hybridized carbons (Fsp3) is 0.238. The van der Waals surface area contributed by atoms with E-state index in [0.29, 0.717) is 12.3 Å². The van der Waals surface area contributed by atoms with Gasteiger partial charge in [-0.25, -0.2) is 0 Å². The molecule has 1 N–H and O–H groups in total. The fourth-order valence-corrected chi connectivity index (χ4v) is 3.70. The number of carbonyl (C=O) groups is 1. The number of hydrogen-bond donors (Lipinski definition) is 1. The molecule has 1 heterocycles. The minimum Gasteiger partial charge on any atom is -0.324 e. The number of nitrogens with one attached hydrogen (secondary N) is 1. The average Bonchev–Trinajstić information content (AvgIpc) is 2.62.